The van der Waals surface area contributed by atoms with Crippen LogP contribution in [-0.2, 0) is 4.74 Å². The van der Waals surface area contributed by atoms with Crippen LogP contribution in [0.1, 0.15) is 0 Å². The molecule has 0 saturated carbocycles. The molecular formula is C10H17ClN4O. The van der Waals surface area contributed by atoms with E-state index in [0.717, 1.165) is 32.1 Å². The van der Waals surface area contributed by atoms with Gasteiger partial charge in [0.2, 0.25) is 0 Å². The van der Waals surface area contributed by atoms with Crippen LogP contribution in [0.15, 0.2) is 12.5 Å². The zero-order valence-corrected chi connectivity index (χ0v) is 10.4. The van der Waals surface area contributed by atoms with E-state index in [1.54, 1.807) is 13.3 Å². The van der Waals surface area contributed by atoms with Crippen LogP contribution in [0.3, 0.4) is 0 Å². The lowest BCUT2D eigenvalue weighted by molar-refractivity contribution is 0.200. The number of aromatic nitrogens is 2. The predicted octanol–water partition coefficient (Wildman–Crippen LogP) is 0.802. The van der Waals surface area contributed by atoms with Crippen molar-refractivity contribution in [1.29, 1.82) is 0 Å². The van der Waals surface area contributed by atoms with Crippen LogP contribution in [0.5, 0.6) is 0 Å². The van der Waals surface area contributed by atoms with Crippen molar-refractivity contribution in [3.05, 3.63) is 17.5 Å². The average Bonchev–Trinajstić information content (AvgIpc) is 2.29. The summed E-state index contributed by atoms with van der Waals surface area (Å²) in [6.07, 6.45) is 3.09. The van der Waals surface area contributed by atoms with Crippen molar-refractivity contribution < 1.29 is 4.74 Å². The Morgan fingerprint density at radius 3 is 3.00 bits per heavy atom. The van der Waals surface area contributed by atoms with Gasteiger partial charge in [-0.3, -0.25) is 0 Å². The number of anilines is 1. The molecular weight excluding hydrogens is 228 g/mol. The molecule has 1 aromatic rings. The Kier molecular flexibility index (Phi) is 6.07. The lowest BCUT2D eigenvalue weighted by atomic mass is 10.4. The van der Waals surface area contributed by atoms with Crippen molar-refractivity contribution >= 4 is 17.4 Å². The normalized spacial score (nSPS) is 10.4. The molecule has 6 heteroatoms. The number of nitrogens with zero attached hydrogens (tertiary/aromatic N) is 3. The lowest BCUT2D eigenvalue weighted by Gasteiger charge is -2.18. The van der Waals surface area contributed by atoms with Gasteiger partial charge in [-0.15, -0.1) is 0 Å². The second-order valence-electron chi connectivity index (χ2n) is 3.36. The van der Waals surface area contributed by atoms with Gasteiger partial charge < -0.3 is 15.0 Å². The van der Waals surface area contributed by atoms with Gasteiger partial charge in [0.1, 0.15) is 11.3 Å². The summed E-state index contributed by atoms with van der Waals surface area (Å²) in [4.78, 5) is 9.96. The van der Waals surface area contributed by atoms with Crippen molar-refractivity contribution in [1.82, 2.24) is 15.3 Å². The Labute approximate surface area is 101 Å². The molecule has 0 radical (unpaired) electrons. The van der Waals surface area contributed by atoms with Crippen LogP contribution < -0.4 is 10.2 Å². The summed E-state index contributed by atoms with van der Waals surface area (Å²) in [5, 5.41) is 3.82. The minimum atomic E-state index is 0.571. The van der Waals surface area contributed by atoms with Gasteiger partial charge >= 0.3 is 0 Å². The van der Waals surface area contributed by atoms with E-state index < -0.39 is 0 Å². The second-order valence-corrected chi connectivity index (χ2v) is 3.77. The maximum absolute atomic E-state index is 5.97. The number of rotatable bonds is 7. The third kappa shape index (κ3) is 4.30. The van der Waals surface area contributed by atoms with Crippen LogP contribution in [0.25, 0.3) is 0 Å². The molecule has 5 nitrogen and oxygen atoms in total. The number of methoxy groups -OCH3 is 1. The highest BCUT2D eigenvalue weighted by atomic mass is 35.5. The molecule has 1 N–H and O–H groups in total. The van der Waals surface area contributed by atoms with Gasteiger partial charge in [0.05, 0.1) is 12.8 Å². The van der Waals surface area contributed by atoms with Crippen molar-refractivity contribution in [2.24, 2.45) is 0 Å². The molecule has 0 aromatic carbocycles. The molecule has 0 aliphatic carbocycles. The SMILES string of the molecule is COCCNCCN(C)c1ncncc1Cl. The van der Waals surface area contributed by atoms with E-state index in [1.165, 1.54) is 6.33 Å². The van der Waals surface area contributed by atoms with Crippen LogP contribution >= 0.6 is 11.6 Å². The molecule has 0 bridgehead atoms. The Hall–Kier alpha value is -0.910. The first-order valence-corrected chi connectivity index (χ1v) is 5.49. The lowest BCUT2D eigenvalue weighted by Crippen LogP contribution is -2.31. The molecule has 1 aromatic heterocycles. The average molecular weight is 245 g/mol. The number of ether oxygens (including phenoxy) is 1. The summed E-state index contributed by atoms with van der Waals surface area (Å²) < 4.78 is 4.93. The molecule has 0 saturated heterocycles. The first kappa shape index (κ1) is 13.2. The summed E-state index contributed by atoms with van der Waals surface area (Å²) >= 11 is 5.97. The van der Waals surface area contributed by atoms with Gasteiger partial charge in [-0.2, -0.15) is 0 Å². The monoisotopic (exact) mass is 244 g/mol. The fourth-order valence-electron chi connectivity index (χ4n) is 1.24. The number of halogens is 1. The molecule has 0 fully saturated rings. The van der Waals surface area contributed by atoms with Crippen LogP contribution in [-0.4, -0.2) is 50.4 Å². The number of likely N-dealkylation sites (N-methyl/N-ethyl adjacent to an activating group) is 1. The summed E-state index contributed by atoms with van der Waals surface area (Å²) in [7, 11) is 3.64. The van der Waals surface area contributed by atoms with Gasteiger partial charge in [-0.1, -0.05) is 11.6 Å². The maximum Gasteiger partial charge on any atom is 0.150 e. The zero-order chi connectivity index (χ0) is 11.8. The fourth-order valence-corrected chi connectivity index (χ4v) is 1.49. The first-order chi connectivity index (χ1) is 7.75. The van der Waals surface area contributed by atoms with Gasteiger partial charge in [0.15, 0.2) is 5.82 Å². The smallest absolute Gasteiger partial charge is 0.150 e. The quantitative estimate of drug-likeness (QED) is 0.720. The van der Waals surface area contributed by atoms with E-state index in [-0.39, 0.29) is 0 Å². The standard InChI is InChI=1S/C10H17ClN4O/c1-15(5-3-12-4-6-16-2)10-9(11)7-13-8-14-10/h7-8,12H,3-6H2,1-2H3. The molecule has 90 valence electrons. The van der Waals surface area contributed by atoms with E-state index >= 15 is 0 Å². The maximum atomic E-state index is 5.97. The summed E-state index contributed by atoms with van der Waals surface area (Å²) in [5.41, 5.74) is 0. The highest BCUT2D eigenvalue weighted by Gasteiger charge is 2.06. The molecule has 0 unspecified atom stereocenters. The largest absolute Gasteiger partial charge is 0.383 e. The highest BCUT2D eigenvalue weighted by molar-refractivity contribution is 6.32. The fraction of sp³-hybridized carbons (Fsp3) is 0.600. The zero-order valence-electron chi connectivity index (χ0n) is 9.61. The Morgan fingerprint density at radius 2 is 2.31 bits per heavy atom. The molecule has 0 spiro atoms. The van der Waals surface area contributed by atoms with Crippen molar-refractivity contribution in [2.75, 3.05) is 45.3 Å². The molecule has 1 heterocycles. The minimum Gasteiger partial charge on any atom is -0.383 e. The molecule has 1 rings (SSSR count). The van der Waals surface area contributed by atoms with Crippen molar-refractivity contribution in [3.8, 4) is 0 Å². The summed E-state index contributed by atoms with van der Waals surface area (Å²) in [5.74, 6) is 0.755. The Morgan fingerprint density at radius 1 is 1.50 bits per heavy atom. The number of hydrogen-bond donors (Lipinski definition) is 1. The summed E-state index contributed by atoms with van der Waals surface area (Å²) in [6.45, 7) is 3.26. The van der Waals surface area contributed by atoms with E-state index in [0.29, 0.717) is 5.02 Å². The van der Waals surface area contributed by atoms with Gasteiger partial charge in [0.25, 0.3) is 0 Å². The van der Waals surface area contributed by atoms with Crippen molar-refractivity contribution in [2.45, 2.75) is 0 Å². The number of hydrogen-bond acceptors (Lipinski definition) is 5. The molecule has 0 aliphatic rings. The van der Waals surface area contributed by atoms with Crippen LogP contribution in [0, 0.1) is 0 Å². The predicted molar refractivity (Wildman–Crippen MR) is 65.1 cm³/mol. The Bertz CT molecular complexity index is 311. The molecule has 0 aliphatic heterocycles. The topological polar surface area (TPSA) is 50.3 Å². The van der Waals surface area contributed by atoms with E-state index in [2.05, 4.69) is 15.3 Å². The Balaban J connectivity index is 2.30. The third-order valence-electron chi connectivity index (χ3n) is 2.12. The van der Waals surface area contributed by atoms with E-state index in [4.69, 9.17) is 16.3 Å². The summed E-state index contributed by atoms with van der Waals surface area (Å²) in [6, 6.07) is 0. The van der Waals surface area contributed by atoms with Crippen LogP contribution in [0.4, 0.5) is 5.82 Å². The minimum absolute atomic E-state index is 0.571. The van der Waals surface area contributed by atoms with Gasteiger partial charge in [0, 0.05) is 33.8 Å². The van der Waals surface area contributed by atoms with E-state index in [9.17, 15) is 0 Å². The molecule has 0 amide bonds. The van der Waals surface area contributed by atoms with E-state index in [1.807, 2.05) is 11.9 Å². The van der Waals surface area contributed by atoms with Crippen LogP contribution in [0.2, 0.25) is 5.02 Å². The van der Waals surface area contributed by atoms with Gasteiger partial charge in [-0.05, 0) is 0 Å². The second kappa shape index (κ2) is 7.38. The molecule has 16 heavy (non-hydrogen) atoms. The third-order valence-corrected chi connectivity index (χ3v) is 2.38. The highest BCUT2D eigenvalue weighted by Crippen LogP contribution is 2.19. The van der Waals surface area contributed by atoms with Gasteiger partial charge in [-0.25, -0.2) is 9.97 Å². The first-order valence-electron chi connectivity index (χ1n) is 5.12. The number of nitrogens with one attached hydrogen (secondary N) is 1. The molecule has 0 atom stereocenters. The van der Waals surface area contributed by atoms with Crippen molar-refractivity contribution in [3.63, 3.8) is 0 Å².